The van der Waals surface area contributed by atoms with E-state index in [4.69, 9.17) is 0 Å². The summed E-state index contributed by atoms with van der Waals surface area (Å²) in [6, 6.07) is 10.5. The van der Waals surface area contributed by atoms with Gasteiger partial charge in [-0.25, -0.2) is 0 Å². The molecular weight excluding hydrogens is 330 g/mol. The Balaban J connectivity index is 1.98. The minimum Gasteiger partial charge on any atom is -0.368 e. The van der Waals surface area contributed by atoms with E-state index in [-0.39, 0.29) is 0 Å². The van der Waals surface area contributed by atoms with Gasteiger partial charge < -0.3 is 15.5 Å². The van der Waals surface area contributed by atoms with Crippen molar-refractivity contribution in [1.82, 2.24) is 10.6 Å². The van der Waals surface area contributed by atoms with Gasteiger partial charge in [-0.05, 0) is 50.3 Å². The number of hydrogen-bond donors (Lipinski definition) is 2. The Morgan fingerprint density at radius 3 is 3.04 bits per heavy atom. The molecule has 1 aromatic carbocycles. The Morgan fingerprint density at radius 1 is 1.44 bits per heavy atom. The van der Waals surface area contributed by atoms with Crippen molar-refractivity contribution >= 4 is 23.4 Å². The maximum absolute atomic E-state index is 9.35. The highest BCUT2D eigenvalue weighted by molar-refractivity contribution is 7.98. The fourth-order valence-corrected chi connectivity index (χ4v) is 3.49. The largest absolute Gasteiger partial charge is 0.368 e. The average Bonchev–Trinajstić information content (AvgIpc) is 2.65. The van der Waals surface area contributed by atoms with Crippen LogP contribution in [0.15, 0.2) is 29.3 Å². The number of hydrogen-bond acceptors (Lipinski definition) is 4. The lowest BCUT2D eigenvalue weighted by Crippen LogP contribution is -2.51. The minimum absolute atomic E-state index is 0.346. The first kappa shape index (κ1) is 19.5. The Hall–Kier alpha value is -1.87. The summed E-state index contributed by atoms with van der Waals surface area (Å²) < 4.78 is 0. The molecule has 1 aromatic rings. The first-order valence-corrected chi connectivity index (χ1v) is 10.5. The molecule has 1 atom stereocenters. The lowest BCUT2D eigenvalue weighted by Gasteiger charge is -2.35. The molecule has 0 aliphatic carbocycles. The molecule has 1 aliphatic rings. The van der Waals surface area contributed by atoms with E-state index in [9.17, 15) is 5.26 Å². The fraction of sp³-hybridized carbons (Fsp3) is 0.579. The van der Waals surface area contributed by atoms with Gasteiger partial charge in [0.05, 0.1) is 11.3 Å². The van der Waals surface area contributed by atoms with Gasteiger partial charge in [0.1, 0.15) is 6.07 Å². The Bertz CT molecular complexity index is 596. The van der Waals surface area contributed by atoms with Crippen molar-refractivity contribution < 1.29 is 0 Å². The summed E-state index contributed by atoms with van der Waals surface area (Å²) in [6.07, 6.45) is 5.47. The number of aliphatic imine (C=N–C) groups is 1. The average molecular weight is 360 g/mol. The molecule has 1 fully saturated rings. The van der Waals surface area contributed by atoms with Gasteiger partial charge in [0.15, 0.2) is 5.96 Å². The van der Waals surface area contributed by atoms with Crippen LogP contribution >= 0.6 is 11.8 Å². The molecule has 25 heavy (non-hydrogen) atoms. The van der Waals surface area contributed by atoms with Crippen LogP contribution in [-0.4, -0.2) is 50.2 Å². The van der Waals surface area contributed by atoms with Gasteiger partial charge in [-0.2, -0.15) is 17.0 Å². The van der Waals surface area contributed by atoms with Crippen molar-refractivity contribution in [3.63, 3.8) is 0 Å². The summed E-state index contributed by atoms with van der Waals surface area (Å²) in [4.78, 5) is 7.00. The van der Waals surface area contributed by atoms with Gasteiger partial charge in [-0.15, -0.1) is 0 Å². The summed E-state index contributed by atoms with van der Waals surface area (Å²) in [5.74, 6) is 2.05. The molecular formula is C19H29N5S. The standard InChI is InChI=1S/C19H29N5S/c1-3-21-19(22-11-7-13-25-2)23-17-9-6-12-24(15-17)18-10-5-4-8-16(18)14-20/h4-5,8,10,17H,3,6-7,9,11-13,15H2,1-2H3,(H2,21,22,23). The van der Waals surface area contributed by atoms with Crippen molar-refractivity contribution in [3.05, 3.63) is 29.8 Å². The molecule has 0 spiro atoms. The van der Waals surface area contributed by atoms with Gasteiger partial charge in [0.2, 0.25) is 0 Å². The summed E-state index contributed by atoms with van der Waals surface area (Å²) >= 11 is 1.86. The second-order valence-corrected chi connectivity index (χ2v) is 7.15. The lowest BCUT2D eigenvalue weighted by atomic mass is 10.0. The number of thioether (sulfide) groups is 1. The van der Waals surface area contributed by atoms with E-state index >= 15 is 0 Å². The predicted molar refractivity (Wildman–Crippen MR) is 109 cm³/mol. The molecule has 0 bridgehead atoms. The molecule has 2 N–H and O–H groups in total. The zero-order valence-corrected chi connectivity index (χ0v) is 16.1. The molecule has 1 heterocycles. The third kappa shape index (κ3) is 6.17. The summed E-state index contributed by atoms with van der Waals surface area (Å²) in [5.41, 5.74) is 1.79. The number of nitrogens with zero attached hydrogens (tertiary/aromatic N) is 3. The lowest BCUT2D eigenvalue weighted by molar-refractivity contribution is 0.468. The quantitative estimate of drug-likeness (QED) is 0.445. The van der Waals surface area contributed by atoms with E-state index < -0.39 is 0 Å². The van der Waals surface area contributed by atoms with E-state index in [0.29, 0.717) is 6.04 Å². The summed E-state index contributed by atoms with van der Waals surface area (Å²) in [5, 5.41) is 16.3. The van der Waals surface area contributed by atoms with Crippen molar-refractivity contribution in [2.45, 2.75) is 32.2 Å². The van der Waals surface area contributed by atoms with E-state index in [1.807, 2.05) is 36.0 Å². The number of nitriles is 1. The van der Waals surface area contributed by atoms with Crippen LogP contribution in [0.4, 0.5) is 5.69 Å². The molecule has 136 valence electrons. The van der Waals surface area contributed by atoms with E-state index in [1.54, 1.807) is 0 Å². The highest BCUT2D eigenvalue weighted by atomic mass is 32.2. The molecule has 0 amide bonds. The maximum Gasteiger partial charge on any atom is 0.191 e. The van der Waals surface area contributed by atoms with Gasteiger partial charge in [0, 0.05) is 32.2 Å². The second-order valence-electron chi connectivity index (χ2n) is 6.17. The van der Waals surface area contributed by atoms with Crippen molar-refractivity contribution in [3.8, 4) is 6.07 Å². The van der Waals surface area contributed by atoms with Crippen molar-refractivity contribution in [1.29, 1.82) is 5.26 Å². The van der Waals surface area contributed by atoms with Gasteiger partial charge >= 0.3 is 0 Å². The Kier molecular flexibility index (Phi) is 8.47. The molecule has 2 rings (SSSR count). The van der Waals surface area contributed by atoms with E-state index in [2.05, 4.69) is 39.8 Å². The fourth-order valence-electron chi connectivity index (χ4n) is 3.07. The highest BCUT2D eigenvalue weighted by Gasteiger charge is 2.22. The Morgan fingerprint density at radius 2 is 2.28 bits per heavy atom. The topological polar surface area (TPSA) is 63.5 Å². The van der Waals surface area contributed by atoms with Crippen LogP contribution in [0.25, 0.3) is 0 Å². The number of rotatable bonds is 7. The molecule has 1 aliphatic heterocycles. The van der Waals surface area contributed by atoms with Crippen LogP contribution in [0.2, 0.25) is 0 Å². The van der Waals surface area contributed by atoms with Crippen molar-refractivity contribution in [2.24, 2.45) is 4.99 Å². The molecule has 1 unspecified atom stereocenters. The van der Waals surface area contributed by atoms with E-state index in [0.717, 1.165) is 68.4 Å². The van der Waals surface area contributed by atoms with Crippen LogP contribution in [0.5, 0.6) is 0 Å². The third-order valence-electron chi connectivity index (χ3n) is 4.25. The molecule has 0 aromatic heterocycles. The third-order valence-corrected chi connectivity index (χ3v) is 4.95. The number of nitrogens with one attached hydrogen (secondary N) is 2. The van der Waals surface area contributed by atoms with Crippen LogP contribution in [0, 0.1) is 11.3 Å². The summed E-state index contributed by atoms with van der Waals surface area (Å²) in [6.45, 7) is 5.70. The normalized spacial score (nSPS) is 17.9. The Labute approximate surface area is 155 Å². The van der Waals surface area contributed by atoms with Crippen LogP contribution in [0.3, 0.4) is 0 Å². The van der Waals surface area contributed by atoms with Gasteiger partial charge in [-0.1, -0.05) is 12.1 Å². The smallest absolute Gasteiger partial charge is 0.191 e. The summed E-state index contributed by atoms with van der Waals surface area (Å²) in [7, 11) is 0. The second kappa shape index (κ2) is 10.9. The number of anilines is 1. The number of piperidine rings is 1. The maximum atomic E-state index is 9.35. The van der Waals surface area contributed by atoms with Crippen LogP contribution < -0.4 is 15.5 Å². The zero-order valence-electron chi connectivity index (χ0n) is 15.3. The van der Waals surface area contributed by atoms with Crippen LogP contribution in [-0.2, 0) is 0 Å². The molecule has 0 radical (unpaired) electrons. The predicted octanol–water partition coefficient (Wildman–Crippen LogP) is 2.84. The monoisotopic (exact) mass is 359 g/mol. The van der Waals surface area contributed by atoms with Gasteiger partial charge in [0.25, 0.3) is 0 Å². The zero-order chi connectivity index (χ0) is 17.9. The molecule has 0 saturated carbocycles. The first-order valence-electron chi connectivity index (χ1n) is 9.06. The van der Waals surface area contributed by atoms with Gasteiger partial charge in [-0.3, -0.25) is 4.99 Å². The van der Waals surface area contributed by atoms with E-state index in [1.165, 1.54) is 0 Å². The number of para-hydroxylation sites is 1. The molecule has 5 nitrogen and oxygen atoms in total. The SMILES string of the molecule is CCNC(=NCCCSC)NC1CCCN(c2ccccc2C#N)C1. The highest BCUT2D eigenvalue weighted by Crippen LogP contribution is 2.23. The molecule has 6 heteroatoms. The number of guanidine groups is 1. The first-order chi connectivity index (χ1) is 12.3. The van der Waals surface area contributed by atoms with Crippen LogP contribution in [0.1, 0.15) is 31.7 Å². The number of benzene rings is 1. The molecule has 1 saturated heterocycles. The van der Waals surface area contributed by atoms with Crippen molar-refractivity contribution in [2.75, 3.05) is 43.1 Å². The minimum atomic E-state index is 0.346.